The summed E-state index contributed by atoms with van der Waals surface area (Å²) in [5.41, 5.74) is 3.80. The fourth-order valence-electron chi connectivity index (χ4n) is 7.97. The molecule has 0 spiro atoms. The fraction of sp³-hybridized carbons (Fsp3) is 0.395. The maximum Gasteiger partial charge on any atom is 0.395 e. The Morgan fingerprint density at radius 3 is 1.80 bits per heavy atom. The van der Waals surface area contributed by atoms with Crippen LogP contribution in [0.25, 0.3) is 21.8 Å². The highest BCUT2D eigenvalue weighted by molar-refractivity contribution is 6.31. The predicted octanol–water partition coefficient (Wildman–Crippen LogP) is 8.68. The van der Waals surface area contributed by atoms with E-state index in [-0.39, 0.29) is 6.04 Å². The third kappa shape index (κ3) is 10.3. The second-order valence-corrected chi connectivity index (χ2v) is 16.7. The zero-order valence-corrected chi connectivity index (χ0v) is 36.7. The average Bonchev–Trinajstić information content (AvgIpc) is 3.25. The van der Waals surface area contributed by atoms with E-state index in [9.17, 15) is 0 Å². The van der Waals surface area contributed by atoms with Crippen LogP contribution in [-0.4, -0.2) is 102 Å². The van der Waals surface area contributed by atoms with Crippen molar-refractivity contribution in [3.8, 4) is 0 Å². The molecule has 2 aliphatic rings. The van der Waals surface area contributed by atoms with Gasteiger partial charge in [-0.15, -0.1) is 0 Å². The van der Waals surface area contributed by atoms with E-state index < -0.39 is 0 Å². The normalized spacial score (nSPS) is 15.2. The number of fused-ring (bicyclic) bond motifs is 2. The van der Waals surface area contributed by atoms with Crippen LogP contribution in [0.3, 0.4) is 0 Å². The lowest BCUT2D eigenvalue weighted by molar-refractivity contribution is -0.711. The number of pyridine rings is 2. The van der Waals surface area contributed by atoms with Crippen LogP contribution in [0.5, 0.6) is 0 Å². The van der Waals surface area contributed by atoms with Crippen LogP contribution in [0.15, 0.2) is 73.1 Å². The minimum absolute atomic E-state index is 0.153. The SMILES string of the molecule is CCN1CCN(c2cc(Cl)[n+](C3CCN(c4cc(Cl)nc(NCCCNc5ccnc6cc(Cl)ccc56)n4)CC3)c(NCCCNc3ccnc4cc(Cl)ccc34)n2)CC1. The van der Waals surface area contributed by atoms with Crippen molar-refractivity contribution < 1.29 is 4.57 Å². The molecule has 4 aromatic heterocycles. The van der Waals surface area contributed by atoms with E-state index in [1.165, 1.54) is 0 Å². The van der Waals surface area contributed by atoms with Crippen molar-refractivity contribution in [2.75, 3.05) is 103 Å². The standard InChI is InChI=1S/C43H49Cl4N13/c1-2-57-21-23-59(24-22-57)41-28-39(47)60(43(56-41)53-16-4-14-49-35-10-18-51-37-26-30(45)6-8-33(35)37)31-11-19-58(20-12-31)40-27-38(46)54-42(55-40)52-15-3-13-48-34-9-17-50-36-25-29(44)5-7-32(34)36/h5-10,17-18,25-28,31H,2-4,11-16,19-24H2,1H3,(H3,48,49,50,51,52,54,55)/p+1. The molecule has 2 aliphatic heterocycles. The molecule has 8 rings (SSSR count). The molecule has 0 saturated carbocycles. The number of rotatable bonds is 16. The molecular weight excluding hydrogens is 840 g/mol. The van der Waals surface area contributed by atoms with Crippen molar-refractivity contribution in [3.05, 3.63) is 93.4 Å². The number of nitrogens with zero attached hydrogens (tertiary/aromatic N) is 9. The summed E-state index contributed by atoms with van der Waals surface area (Å²) < 4.78 is 2.19. The fourth-order valence-corrected chi connectivity index (χ4v) is 8.80. The van der Waals surface area contributed by atoms with E-state index in [1.807, 2.05) is 66.9 Å². The molecule has 0 amide bonds. The number of nitrogens with one attached hydrogen (secondary N) is 4. The third-order valence-corrected chi connectivity index (χ3v) is 12.2. The van der Waals surface area contributed by atoms with Crippen molar-refractivity contribution in [1.29, 1.82) is 0 Å². The van der Waals surface area contributed by atoms with E-state index in [1.54, 1.807) is 6.20 Å². The Bertz CT molecular complexity index is 2400. The highest BCUT2D eigenvalue weighted by Crippen LogP contribution is 2.29. The number of benzene rings is 2. The van der Waals surface area contributed by atoms with E-state index >= 15 is 0 Å². The molecule has 0 unspecified atom stereocenters. The van der Waals surface area contributed by atoms with Gasteiger partial charge in [0.25, 0.3) is 0 Å². The summed E-state index contributed by atoms with van der Waals surface area (Å²) in [6, 6.07) is 19.6. The van der Waals surface area contributed by atoms with Crippen LogP contribution in [0, 0.1) is 0 Å². The summed E-state index contributed by atoms with van der Waals surface area (Å²) in [5.74, 6) is 3.03. The molecule has 0 radical (unpaired) electrons. The predicted molar refractivity (Wildman–Crippen MR) is 248 cm³/mol. The summed E-state index contributed by atoms with van der Waals surface area (Å²) in [6.45, 7) is 11.6. The van der Waals surface area contributed by atoms with Gasteiger partial charge in [-0.2, -0.15) is 4.98 Å². The summed E-state index contributed by atoms with van der Waals surface area (Å²) in [5, 5.41) is 18.7. The van der Waals surface area contributed by atoms with Gasteiger partial charge in [0.05, 0.1) is 23.6 Å². The number of hydrogen-bond donors (Lipinski definition) is 4. The molecule has 4 N–H and O–H groups in total. The molecule has 2 fully saturated rings. The summed E-state index contributed by atoms with van der Waals surface area (Å²) >= 11 is 26.1. The average molecular weight is 891 g/mol. The molecule has 2 aromatic carbocycles. The minimum atomic E-state index is 0.153. The van der Waals surface area contributed by atoms with Gasteiger partial charge in [-0.1, -0.05) is 46.7 Å². The Balaban J connectivity index is 0.886. The lowest BCUT2D eigenvalue weighted by Crippen LogP contribution is -2.51. The number of aromatic nitrogens is 6. The van der Waals surface area contributed by atoms with Gasteiger partial charge in [-0.25, -0.2) is 9.55 Å². The van der Waals surface area contributed by atoms with Crippen molar-refractivity contribution in [2.45, 2.75) is 38.6 Å². The maximum atomic E-state index is 7.21. The smallest absolute Gasteiger partial charge is 0.384 e. The molecular formula is C43H50Cl4N13+. The van der Waals surface area contributed by atoms with Crippen molar-refractivity contribution >= 4 is 103 Å². The van der Waals surface area contributed by atoms with Gasteiger partial charge in [-0.05, 0) is 92.4 Å². The molecule has 6 heterocycles. The zero-order valence-electron chi connectivity index (χ0n) is 33.6. The number of anilines is 6. The summed E-state index contributed by atoms with van der Waals surface area (Å²) in [4.78, 5) is 30.6. The van der Waals surface area contributed by atoms with Crippen molar-refractivity contribution in [1.82, 2.24) is 29.8 Å². The zero-order chi connectivity index (χ0) is 41.4. The Morgan fingerprint density at radius 1 is 0.617 bits per heavy atom. The Morgan fingerprint density at radius 2 is 1.18 bits per heavy atom. The molecule has 6 aromatic rings. The van der Waals surface area contributed by atoms with Gasteiger partial charge in [0.2, 0.25) is 11.8 Å². The first-order valence-corrected chi connectivity index (χ1v) is 22.3. The van der Waals surface area contributed by atoms with Crippen molar-refractivity contribution in [3.63, 3.8) is 0 Å². The van der Waals surface area contributed by atoms with E-state index in [0.717, 1.165) is 142 Å². The molecule has 60 heavy (non-hydrogen) atoms. The van der Waals surface area contributed by atoms with E-state index in [0.29, 0.717) is 32.8 Å². The second-order valence-electron chi connectivity index (χ2n) is 15.1. The van der Waals surface area contributed by atoms with Crippen LogP contribution in [0.1, 0.15) is 38.6 Å². The van der Waals surface area contributed by atoms with Crippen LogP contribution >= 0.6 is 46.4 Å². The van der Waals surface area contributed by atoms with Gasteiger partial charge in [0.15, 0.2) is 5.15 Å². The number of hydrogen-bond acceptors (Lipinski definition) is 12. The Labute approximate surface area is 370 Å². The maximum absolute atomic E-state index is 7.21. The highest BCUT2D eigenvalue weighted by atomic mass is 35.5. The molecule has 0 aliphatic carbocycles. The van der Waals surface area contributed by atoms with E-state index in [4.69, 9.17) is 56.4 Å². The monoisotopic (exact) mass is 888 g/mol. The topological polar surface area (TPSA) is 126 Å². The highest BCUT2D eigenvalue weighted by Gasteiger charge is 2.31. The Hall–Kier alpha value is -4.66. The summed E-state index contributed by atoms with van der Waals surface area (Å²) in [6.07, 6.45) is 7.04. The van der Waals surface area contributed by atoms with Gasteiger partial charge in [0, 0.05) is 116 Å². The number of piperidine rings is 1. The Kier molecular flexibility index (Phi) is 13.9. The van der Waals surface area contributed by atoms with Gasteiger partial charge in [-0.3, -0.25) is 15.3 Å². The molecule has 13 nitrogen and oxygen atoms in total. The van der Waals surface area contributed by atoms with Crippen LogP contribution in [0.4, 0.5) is 34.9 Å². The number of likely N-dealkylation sites (N-methyl/N-ethyl adjacent to an activating group) is 1. The third-order valence-electron chi connectivity index (χ3n) is 11.2. The summed E-state index contributed by atoms with van der Waals surface area (Å²) in [7, 11) is 0. The molecule has 2 saturated heterocycles. The number of halogens is 4. The van der Waals surface area contributed by atoms with E-state index in [2.05, 4.69) is 62.4 Å². The molecule has 314 valence electrons. The molecule has 0 bridgehead atoms. The van der Waals surface area contributed by atoms with Crippen LogP contribution in [0.2, 0.25) is 20.4 Å². The largest absolute Gasteiger partial charge is 0.395 e. The van der Waals surface area contributed by atoms with Gasteiger partial charge in [0.1, 0.15) is 11.0 Å². The van der Waals surface area contributed by atoms with Crippen molar-refractivity contribution in [2.24, 2.45) is 0 Å². The van der Waals surface area contributed by atoms with Crippen LogP contribution < -0.4 is 35.6 Å². The first-order valence-electron chi connectivity index (χ1n) is 20.7. The lowest BCUT2D eigenvalue weighted by atomic mass is 10.0. The van der Waals surface area contributed by atoms with Crippen LogP contribution in [-0.2, 0) is 0 Å². The first-order chi connectivity index (χ1) is 29.3. The second kappa shape index (κ2) is 19.8. The molecule has 0 atom stereocenters. The van der Waals surface area contributed by atoms with Gasteiger partial charge >= 0.3 is 5.95 Å². The number of piperazine rings is 1. The lowest BCUT2D eigenvalue weighted by Gasteiger charge is -2.35. The molecule has 17 heteroatoms. The minimum Gasteiger partial charge on any atom is -0.384 e. The quantitative estimate of drug-likeness (QED) is 0.0422. The van der Waals surface area contributed by atoms with Gasteiger partial charge < -0.3 is 30.7 Å². The first kappa shape index (κ1) is 42.0.